The van der Waals surface area contributed by atoms with Gasteiger partial charge in [0, 0.05) is 6.42 Å². The van der Waals surface area contributed by atoms with E-state index >= 15 is 0 Å². The Bertz CT molecular complexity index is 927. The first-order valence-electron chi connectivity index (χ1n) is 20.8. The third-order valence-corrected chi connectivity index (χ3v) is 9.90. The summed E-state index contributed by atoms with van der Waals surface area (Å²) in [5, 5.41) is 64.9. The molecule has 8 atom stereocenters. The molecule has 0 saturated carbocycles. The molecule has 0 aromatic heterocycles. The summed E-state index contributed by atoms with van der Waals surface area (Å²) >= 11 is 0. The van der Waals surface area contributed by atoms with Gasteiger partial charge in [0.25, 0.3) is 0 Å². The standard InChI is InChI=1S/C42H77NO9/c1-3-5-7-9-11-13-15-17-18-19-21-23-25-27-29-31-37(46)43-34(33-51-42-41(50)40(49)39(48)36(32-44)52-42)38(47)35(45)30-28-26-24-22-20-16-14-12-10-8-6-4-2/h11,13,15,17-19,34-36,38-42,44-45,47-50H,3-10,12,14,16,20-33H2,1-2H3,(H,43,46)/b13-11-,17-15+,19-18+/t34-,35+,36?,38-,39?,40?,41-,42?/m0/s1. The Morgan fingerprint density at radius 2 is 1.17 bits per heavy atom. The minimum absolute atomic E-state index is 0.251. The highest BCUT2D eigenvalue weighted by Gasteiger charge is 2.44. The molecule has 0 aromatic rings. The van der Waals surface area contributed by atoms with Crippen molar-refractivity contribution in [1.82, 2.24) is 5.32 Å². The second-order valence-corrected chi connectivity index (χ2v) is 14.6. The van der Waals surface area contributed by atoms with Gasteiger partial charge in [-0.3, -0.25) is 4.79 Å². The molecule has 1 fully saturated rings. The van der Waals surface area contributed by atoms with Gasteiger partial charge in [-0.1, -0.05) is 153 Å². The van der Waals surface area contributed by atoms with Gasteiger partial charge in [0.2, 0.25) is 5.91 Å². The lowest BCUT2D eigenvalue weighted by atomic mass is 9.98. The maximum atomic E-state index is 12.9. The molecule has 10 nitrogen and oxygen atoms in total. The van der Waals surface area contributed by atoms with Crippen molar-refractivity contribution in [3.05, 3.63) is 36.5 Å². The molecule has 1 rings (SSSR count). The highest BCUT2D eigenvalue weighted by Crippen LogP contribution is 2.23. The zero-order valence-corrected chi connectivity index (χ0v) is 32.7. The van der Waals surface area contributed by atoms with Crippen LogP contribution in [-0.4, -0.2) is 98.7 Å². The van der Waals surface area contributed by atoms with Gasteiger partial charge in [0.05, 0.1) is 25.4 Å². The first-order valence-corrected chi connectivity index (χ1v) is 20.8. The van der Waals surface area contributed by atoms with Crippen LogP contribution in [0.2, 0.25) is 0 Å². The molecule has 0 aromatic carbocycles. The van der Waals surface area contributed by atoms with E-state index in [0.717, 1.165) is 57.8 Å². The largest absolute Gasteiger partial charge is 0.394 e. The van der Waals surface area contributed by atoms with E-state index in [1.165, 1.54) is 70.6 Å². The van der Waals surface area contributed by atoms with Crippen LogP contribution in [0.25, 0.3) is 0 Å². The molecule has 1 aliphatic heterocycles. The normalized spacial score (nSPS) is 22.8. The summed E-state index contributed by atoms with van der Waals surface area (Å²) in [5.74, 6) is -0.285. The molecule has 0 bridgehead atoms. The first kappa shape index (κ1) is 48.4. The number of ether oxygens (including phenoxy) is 2. The average molecular weight is 740 g/mol. The number of aliphatic hydroxyl groups is 6. The van der Waals surface area contributed by atoms with Crippen LogP contribution in [0.15, 0.2) is 36.5 Å². The fourth-order valence-corrected chi connectivity index (χ4v) is 6.43. The molecule has 0 spiro atoms. The molecule has 0 radical (unpaired) electrons. The Morgan fingerprint density at radius 1 is 0.673 bits per heavy atom. The summed E-state index contributed by atoms with van der Waals surface area (Å²) in [6.07, 6.45) is 27.2. The van der Waals surface area contributed by atoms with Crippen LogP contribution in [0, 0.1) is 0 Å². The van der Waals surface area contributed by atoms with Crippen LogP contribution in [0.3, 0.4) is 0 Å². The van der Waals surface area contributed by atoms with Crippen molar-refractivity contribution >= 4 is 5.91 Å². The highest BCUT2D eigenvalue weighted by molar-refractivity contribution is 5.76. The summed E-state index contributed by atoms with van der Waals surface area (Å²) < 4.78 is 11.1. The lowest BCUT2D eigenvalue weighted by molar-refractivity contribution is -0.303. The number of carbonyl (C=O) groups excluding carboxylic acids is 1. The second-order valence-electron chi connectivity index (χ2n) is 14.6. The molecular weight excluding hydrogens is 662 g/mol. The van der Waals surface area contributed by atoms with E-state index in [9.17, 15) is 35.4 Å². The van der Waals surface area contributed by atoms with E-state index in [1.54, 1.807) is 0 Å². The van der Waals surface area contributed by atoms with Crippen molar-refractivity contribution in [2.45, 2.75) is 210 Å². The first-order chi connectivity index (χ1) is 25.3. The maximum Gasteiger partial charge on any atom is 0.220 e. The molecular formula is C42H77NO9. The van der Waals surface area contributed by atoms with E-state index < -0.39 is 55.6 Å². The third kappa shape index (κ3) is 23.2. The fraction of sp³-hybridized carbons (Fsp3) is 0.833. The number of amides is 1. The predicted octanol–water partition coefficient (Wildman–Crippen LogP) is 6.69. The summed E-state index contributed by atoms with van der Waals surface area (Å²) in [5.41, 5.74) is 0. The van der Waals surface area contributed by atoms with E-state index in [1.807, 2.05) is 6.08 Å². The average Bonchev–Trinajstić information content (AvgIpc) is 3.14. The summed E-state index contributed by atoms with van der Waals surface area (Å²) in [7, 11) is 0. The lowest BCUT2D eigenvalue weighted by Gasteiger charge is -2.40. The molecule has 4 unspecified atom stereocenters. The molecule has 1 amide bonds. The Hall–Kier alpha value is -1.63. The predicted molar refractivity (Wildman–Crippen MR) is 209 cm³/mol. The van der Waals surface area contributed by atoms with Crippen molar-refractivity contribution in [1.29, 1.82) is 0 Å². The Morgan fingerprint density at radius 3 is 1.75 bits per heavy atom. The zero-order chi connectivity index (χ0) is 38.2. The van der Waals surface area contributed by atoms with Gasteiger partial charge >= 0.3 is 0 Å². The van der Waals surface area contributed by atoms with Gasteiger partial charge in [-0.15, -0.1) is 0 Å². The number of unbranched alkanes of at least 4 members (excludes halogenated alkanes) is 18. The molecule has 304 valence electrons. The van der Waals surface area contributed by atoms with Crippen molar-refractivity contribution in [2.24, 2.45) is 0 Å². The van der Waals surface area contributed by atoms with Crippen LogP contribution < -0.4 is 5.32 Å². The van der Waals surface area contributed by atoms with Crippen LogP contribution in [0.5, 0.6) is 0 Å². The smallest absolute Gasteiger partial charge is 0.220 e. The van der Waals surface area contributed by atoms with Crippen LogP contribution in [-0.2, 0) is 14.3 Å². The summed E-state index contributed by atoms with van der Waals surface area (Å²) in [6, 6.07) is -1.00. The van der Waals surface area contributed by atoms with Crippen LogP contribution >= 0.6 is 0 Å². The summed E-state index contributed by atoms with van der Waals surface area (Å²) in [4.78, 5) is 12.9. The Kier molecular flexibility index (Phi) is 30.5. The van der Waals surface area contributed by atoms with Gasteiger partial charge in [0.15, 0.2) is 6.29 Å². The molecule has 7 N–H and O–H groups in total. The van der Waals surface area contributed by atoms with Crippen molar-refractivity contribution in [2.75, 3.05) is 13.2 Å². The Balaban J connectivity index is 2.49. The number of allylic oxidation sites excluding steroid dienone is 6. The maximum absolute atomic E-state index is 12.9. The van der Waals surface area contributed by atoms with Gasteiger partial charge in [0.1, 0.15) is 30.5 Å². The molecule has 1 aliphatic rings. The van der Waals surface area contributed by atoms with E-state index in [2.05, 4.69) is 49.5 Å². The minimum Gasteiger partial charge on any atom is -0.394 e. The van der Waals surface area contributed by atoms with Crippen LogP contribution in [0.4, 0.5) is 0 Å². The number of nitrogens with one attached hydrogen (secondary N) is 1. The minimum atomic E-state index is -1.61. The van der Waals surface area contributed by atoms with Crippen molar-refractivity contribution < 1.29 is 44.9 Å². The zero-order valence-electron chi connectivity index (χ0n) is 32.7. The Labute approximate surface area is 315 Å². The van der Waals surface area contributed by atoms with E-state index in [-0.39, 0.29) is 18.9 Å². The van der Waals surface area contributed by atoms with Gasteiger partial charge in [-0.05, 0) is 38.5 Å². The van der Waals surface area contributed by atoms with E-state index in [4.69, 9.17) is 9.47 Å². The molecule has 10 heteroatoms. The third-order valence-electron chi connectivity index (χ3n) is 9.90. The highest BCUT2D eigenvalue weighted by atomic mass is 16.7. The second kappa shape index (κ2) is 32.8. The van der Waals surface area contributed by atoms with Gasteiger partial charge < -0.3 is 45.4 Å². The topological polar surface area (TPSA) is 169 Å². The number of hydrogen-bond acceptors (Lipinski definition) is 9. The van der Waals surface area contributed by atoms with Crippen molar-refractivity contribution in [3.63, 3.8) is 0 Å². The quantitative estimate of drug-likeness (QED) is 0.0287. The molecule has 1 saturated heterocycles. The summed E-state index contributed by atoms with van der Waals surface area (Å²) in [6.45, 7) is 3.52. The molecule has 0 aliphatic carbocycles. The van der Waals surface area contributed by atoms with Crippen molar-refractivity contribution in [3.8, 4) is 0 Å². The fourth-order valence-electron chi connectivity index (χ4n) is 6.43. The van der Waals surface area contributed by atoms with Gasteiger partial charge in [-0.2, -0.15) is 0 Å². The lowest BCUT2D eigenvalue weighted by Crippen LogP contribution is -2.60. The van der Waals surface area contributed by atoms with E-state index in [0.29, 0.717) is 12.8 Å². The SMILES string of the molecule is CCCCC\C=C/C=C/C=C/CCCCCCC(=O)N[C@@H](COC1OC(CO)C(O)C(O)[C@@H]1O)[C@H](O)[C@H](O)CCCCCCCCCCCCCC. The monoisotopic (exact) mass is 740 g/mol. The van der Waals surface area contributed by atoms with Crippen LogP contribution in [0.1, 0.15) is 162 Å². The van der Waals surface area contributed by atoms with Gasteiger partial charge in [-0.25, -0.2) is 0 Å². The number of rotatable bonds is 33. The molecule has 1 heterocycles. The number of hydrogen-bond donors (Lipinski definition) is 7. The number of carbonyl (C=O) groups is 1. The number of aliphatic hydroxyl groups excluding tert-OH is 6. The molecule has 52 heavy (non-hydrogen) atoms.